The molecule has 3 aliphatic heterocycles. The summed E-state index contributed by atoms with van der Waals surface area (Å²) in [5.74, 6) is 1.30. The lowest BCUT2D eigenvalue weighted by molar-refractivity contribution is -0.141. The molecule has 150 valence electrons. The van der Waals surface area contributed by atoms with Crippen LogP contribution in [0.5, 0.6) is 5.88 Å². The molecule has 1 amide bonds. The first-order valence-electron chi connectivity index (χ1n) is 9.84. The summed E-state index contributed by atoms with van der Waals surface area (Å²) in [5, 5.41) is 10.3. The van der Waals surface area contributed by atoms with Crippen molar-refractivity contribution in [2.75, 3.05) is 37.7 Å². The molecule has 0 aliphatic carbocycles. The van der Waals surface area contributed by atoms with E-state index in [0.717, 1.165) is 24.0 Å². The number of allylic oxidation sites excluding steroid dienone is 1. The standard InChI is InChI=1S/C20H22N6O3/c27-18-15(11-13-12-22-17-14(13)3-1-5-21-17)23-20(24-18)26-8-6-25(7-9-26)19(28)16-4-2-10-29-16/h1,3,5,11-12,16,27H,2,4,6-10H2,(H,23,24)/b13-11+. The summed E-state index contributed by atoms with van der Waals surface area (Å²) >= 11 is 0. The van der Waals surface area contributed by atoms with Crippen molar-refractivity contribution in [3.8, 4) is 5.88 Å². The number of carbonyl (C=O) groups excluding carboxylic acids is 1. The summed E-state index contributed by atoms with van der Waals surface area (Å²) in [6.07, 6.45) is 6.73. The van der Waals surface area contributed by atoms with Gasteiger partial charge >= 0.3 is 0 Å². The van der Waals surface area contributed by atoms with Gasteiger partial charge in [-0.25, -0.2) is 9.98 Å². The lowest BCUT2D eigenvalue weighted by Crippen LogP contribution is -2.51. The largest absolute Gasteiger partial charge is 0.492 e. The second kappa shape index (κ2) is 7.32. The third-order valence-corrected chi connectivity index (χ3v) is 5.52. The normalized spacial score (nSPS) is 22.5. The van der Waals surface area contributed by atoms with Crippen LogP contribution < -0.4 is 4.90 Å². The van der Waals surface area contributed by atoms with Gasteiger partial charge in [-0.2, -0.15) is 4.98 Å². The van der Waals surface area contributed by atoms with Crippen LogP contribution in [-0.2, 0) is 9.53 Å². The van der Waals surface area contributed by atoms with E-state index < -0.39 is 0 Å². The highest BCUT2D eigenvalue weighted by molar-refractivity contribution is 6.20. The number of nitrogens with zero attached hydrogens (tertiary/aromatic N) is 5. The van der Waals surface area contributed by atoms with Gasteiger partial charge in [-0.1, -0.05) is 0 Å². The van der Waals surface area contributed by atoms with Crippen LogP contribution in [-0.4, -0.2) is 76.0 Å². The molecule has 29 heavy (non-hydrogen) atoms. The molecule has 0 bridgehead atoms. The third kappa shape index (κ3) is 3.38. The van der Waals surface area contributed by atoms with Crippen LogP contribution in [0.25, 0.3) is 11.6 Å². The summed E-state index contributed by atoms with van der Waals surface area (Å²) in [4.78, 5) is 32.4. The van der Waals surface area contributed by atoms with Crippen molar-refractivity contribution < 1.29 is 14.6 Å². The number of piperazine rings is 1. The van der Waals surface area contributed by atoms with E-state index in [4.69, 9.17) is 4.74 Å². The van der Waals surface area contributed by atoms with Gasteiger partial charge in [0.25, 0.3) is 5.91 Å². The number of anilines is 1. The summed E-state index contributed by atoms with van der Waals surface area (Å²) in [6.45, 7) is 3.20. The number of nitrogens with one attached hydrogen (secondary N) is 1. The number of aromatic amines is 1. The number of amides is 1. The van der Waals surface area contributed by atoms with E-state index in [9.17, 15) is 9.90 Å². The first-order chi connectivity index (χ1) is 14.2. The van der Waals surface area contributed by atoms with Gasteiger partial charge in [-0.15, -0.1) is 0 Å². The number of fused-ring (bicyclic) bond motifs is 1. The smallest absolute Gasteiger partial charge is 0.251 e. The summed E-state index contributed by atoms with van der Waals surface area (Å²) in [5.41, 5.74) is 2.31. The second-order valence-corrected chi connectivity index (χ2v) is 7.34. The first kappa shape index (κ1) is 17.9. The second-order valence-electron chi connectivity index (χ2n) is 7.34. The highest BCUT2D eigenvalue weighted by atomic mass is 16.5. The summed E-state index contributed by atoms with van der Waals surface area (Å²) in [7, 11) is 0. The molecule has 1 unspecified atom stereocenters. The highest BCUT2D eigenvalue weighted by Crippen LogP contribution is 2.32. The lowest BCUT2D eigenvalue weighted by Gasteiger charge is -2.35. The Balaban J connectivity index is 1.28. The van der Waals surface area contributed by atoms with Gasteiger partial charge in [0, 0.05) is 56.3 Å². The van der Waals surface area contributed by atoms with Crippen molar-refractivity contribution in [1.29, 1.82) is 0 Å². The minimum atomic E-state index is -0.280. The number of aliphatic imine (C=N–C) groups is 1. The van der Waals surface area contributed by atoms with Crippen molar-refractivity contribution in [3.63, 3.8) is 0 Å². The minimum Gasteiger partial charge on any atom is -0.492 e. The zero-order chi connectivity index (χ0) is 19.8. The first-order valence-corrected chi connectivity index (χ1v) is 9.84. The zero-order valence-corrected chi connectivity index (χ0v) is 15.9. The monoisotopic (exact) mass is 394 g/mol. The van der Waals surface area contributed by atoms with Crippen molar-refractivity contribution in [2.24, 2.45) is 4.99 Å². The Labute approximate surface area is 167 Å². The molecule has 3 aliphatic rings. The zero-order valence-electron chi connectivity index (χ0n) is 15.9. The number of rotatable bonds is 3. The predicted molar refractivity (Wildman–Crippen MR) is 108 cm³/mol. The molecule has 5 heterocycles. The molecule has 9 heteroatoms. The average Bonchev–Trinajstić information content (AvgIpc) is 3.49. The molecular formula is C20H22N6O3. The van der Waals surface area contributed by atoms with Gasteiger partial charge in [0.1, 0.15) is 11.8 Å². The van der Waals surface area contributed by atoms with Crippen LogP contribution >= 0.6 is 0 Å². The topological polar surface area (TPSA) is 107 Å². The van der Waals surface area contributed by atoms with E-state index in [1.54, 1.807) is 12.4 Å². The van der Waals surface area contributed by atoms with Crippen molar-refractivity contribution in [2.45, 2.75) is 18.9 Å². The number of aromatic hydroxyl groups is 1. The van der Waals surface area contributed by atoms with E-state index >= 15 is 0 Å². The molecule has 2 aromatic heterocycles. The summed E-state index contributed by atoms with van der Waals surface area (Å²) in [6, 6.07) is 3.80. The lowest BCUT2D eigenvalue weighted by atomic mass is 10.1. The maximum Gasteiger partial charge on any atom is 0.251 e. The fourth-order valence-corrected chi connectivity index (χ4v) is 3.93. The van der Waals surface area contributed by atoms with Gasteiger partial charge < -0.3 is 24.6 Å². The molecule has 9 nitrogen and oxygen atoms in total. The number of aromatic nitrogens is 3. The fraction of sp³-hybridized carbons (Fsp3) is 0.400. The van der Waals surface area contributed by atoms with E-state index in [0.29, 0.717) is 50.2 Å². The van der Waals surface area contributed by atoms with Crippen molar-refractivity contribution >= 4 is 35.5 Å². The molecule has 1 atom stereocenters. The molecule has 2 aromatic rings. The van der Waals surface area contributed by atoms with E-state index in [-0.39, 0.29) is 17.9 Å². The van der Waals surface area contributed by atoms with Crippen LogP contribution in [0.2, 0.25) is 0 Å². The molecular weight excluding hydrogens is 372 g/mol. The van der Waals surface area contributed by atoms with Gasteiger partial charge in [0.2, 0.25) is 11.8 Å². The van der Waals surface area contributed by atoms with Gasteiger partial charge in [-0.05, 0) is 31.1 Å². The number of carbonyl (C=O) groups is 1. The summed E-state index contributed by atoms with van der Waals surface area (Å²) < 4.78 is 5.51. The molecule has 2 fully saturated rings. The Morgan fingerprint density at radius 2 is 2.17 bits per heavy atom. The number of imidazole rings is 1. The average molecular weight is 394 g/mol. The van der Waals surface area contributed by atoms with E-state index in [2.05, 4.69) is 19.9 Å². The third-order valence-electron chi connectivity index (χ3n) is 5.52. The number of H-pyrrole nitrogens is 1. The van der Waals surface area contributed by atoms with Crippen LogP contribution in [0.1, 0.15) is 24.1 Å². The van der Waals surface area contributed by atoms with Gasteiger partial charge in [0.05, 0.1) is 0 Å². The Morgan fingerprint density at radius 3 is 2.97 bits per heavy atom. The number of pyridine rings is 1. The maximum absolute atomic E-state index is 12.5. The Kier molecular flexibility index (Phi) is 4.51. The Hall–Kier alpha value is -3.20. The molecule has 0 spiro atoms. The van der Waals surface area contributed by atoms with Crippen LogP contribution in [0.4, 0.5) is 11.8 Å². The number of hydrogen-bond donors (Lipinski definition) is 2. The highest BCUT2D eigenvalue weighted by Gasteiger charge is 2.31. The van der Waals surface area contributed by atoms with Crippen LogP contribution in [0, 0.1) is 0 Å². The fourth-order valence-electron chi connectivity index (χ4n) is 3.93. The maximum atomic E-state index is 12.5. The Bertz CT molecular complexity index is 984. The predicted octanol–water partition coefficient (Wildman–Crippen LogP) is 1.59. The minimum absolute atomic E-state index is 0.0592. The molecule has 0 saturated carbocycles. The van der Waals surface area contributed by atoms with E-state index in [1.807, 2.05) is 28.0 Å². The molecule has 0 aromatic carbocycles. The molecule has 5 rings (SSSR count). The van der Waals surface area contributed by atoms with Crippen LogP contribution in [0.3, 0.4) is 0 Å². The molecule has 2 N–H and O–H groups in total. The molecule has 0 radical (unpaired) electrons. The SMILES string of the molecule is O=C(C1CCCO1)N1CCN(c2nc(O)c(/C=C3\C=Nc4ncccc43)[nH]2)CC1. The number of hydrogen-bond acceptors (Lipinski definition) is 7. The Morgan fingerprint density at radius 1 is 1.31 bits per heavy atom. The quantitative estimate of drug-likeness (QED) is 0.819. The molecule has 2 saturated heterocycles. The van der Waals surface area contributed by atoms with Crippen molar-refractivity contribution in [1.82, 2.24) is 19.9 Å². The van der Waals surface area contributed by atoms with Gasteiger partial charge in [-0.3, -0.25) is 4.79 Å². The number of ether oxygens (including phenoxy) is 1. The van der Waals surface area contributed by atoms with Crippen LogP contribution in [0.15, 0.2) is 23.3 Å². The van der Waals surface area contributed by atoms with Crippen molar-refractivity contribution in [3.05, 3.63) is 29.6 Å². The van der Waals surface area contributed by atoms with E-state index in [1.165, 1.54) is 0 Å². The van der Waals surface area contributed by atoms with Gasteiger partial charge in [0.15, 0.2) is 5.82 Å².